The van der Waals surface area contributed by atoms with Crippen molar-refractivity contribution in [3.8, 4) is 11.8 Å². The van der Waals surface area contributed by atoms with E-state index >= 15 is 0 Å². The molecule has 1 heterocycles. The molecular weight excluding hydrogens is 280 g/mol. The summed E-state index contributed by atoms with van der Waals surface area (Å²) in [5.41, 5.74) is 1.48. The van der Waals surface area contributed by atoms with Gasteiger partial charge in [0, 0.05) is 6.20 Å². The molecule has 0 fully saturated rings. The molecule has 0 saturated heterocycles. The lowest BCUT2D eigenvalue weighted by Gasteiger charge is -2.08. The molecule has 2 aromatic rings. The van der Waals surface area contributed by atoms with E-state index in [1.165, 1.54) is 0 Å². The third kappa shape index (κ3) is 2.83. The molecule has 0 spiro atoms. The van der Waals surface area contributed by atoms with E-state index in [0.29, 0.717) is 22.5 Å². The van der Waals surface area contributed by atoms with Crippen LogP contribution in [0.4, 0.5) is 0 Å². The Hall–Kier alpha value is -1.86. The Morgan fingerprint density at radius 2 is 2.00 bits per heavy atom. The second-order valence-corrected chi connectivity index (χ2v) is 4.11. The lowest BCUT2D eigenvalue weighted by atomic mass is 10.2. The van der Waals surface area contributed by atoms with Crippen molar-refractivity contribution in [3.63, 3.8) is 0 Å². The van der Waals surface area contributed by atoms with E-state index in [1.54, 1.807) is 12.3 Å². The van der Waals surface area contributed by atoms with Crippen molar-refractivity contribution in [2.75, 3.05) is 0 Å². The molecule has 0 amide bonds. The fourth-order valence-electron chi connectivity index (χ4n) is 1.38. The highest BCUT2D eigenvalue weighted by Crippen LogP contribution is 2.24. The van der Waals surface area contributed by atoms with Gasteiger partial charge < -0.3 is 4.74 Å². The Morgan fingerprint density at radius 1 is 1.24 bits per heavy atom. The Bertz CT molecular complexity index is 549. The fourth-order valence-corrected chi connectivity index (χ4v) is 1.78. The molecule has 2 rings (SSSR count). The van der Waals surface area contributed by atoms with E-state index in [4.69, 9.17) is 10.00 Å². The predicted octanol–water partition coefficient (Wildman–Crippen LogP) is 3.29. The molecular formula is C13H9BrN2O. The van der Waals surface area contributed by atoms with E-state index in [0.717, 1.165) is 5.56 Å². The molecule has 0 aliphatic carbocycles. The first-order chi connectivity index (χ1) is 8.31. The highest BCUT2D eigenvalue weighted by molar-refractivity contribution is 9.10. The number of rotatable bonds is 3. The van der Waals surface area contributed by atoms with Gasteiger partial charge in [0.05, 0.1) is 0 Å². The lowest BCUT2D eigenvalue weighted by molar-refractivity contribution is 0.304. The summed E-state index contributed by atoms with van der Waals surface area (Å²) < 4.78 is 6.11. The Labute approximate surface area is 108 Å². The summed E-state index contributed by atoms with van der Waals surface area (Å²) in [6, 6.07) is 13.6. The maximum atomic E-state index is 9.00. The SMILES string of the molecule is N#Cc1c(OCc2ccccc2)ccnc1Br. The second kappa shape index (κ2) is 5.46. The number of hydrogen-bond donors (Lipinski definition) is 0. The molecule has 0 aliphatic rings. The van der Waals surface area contributed by atoms with Gasteiger partial charge in [-0.05, 0) is 27.6 Å². The summed E-state index contributed by atoms with van der Waals surface area (Å²) in [6.45, 7) is 0.436. The highest BCUT2D eigenvalue weighted by Gasteiger charge is 2.08. The van der Waals surface area contributed by atoms with Crippen LogP contribution in [-0.2, 0) is 6.61 Å². The summed E-state index contributed by atoms with van der Waals surface area (Å²) in [5.74, 6) is 0.540. The predicted molar refractivity (Wildman–Crippen MR) is 67.4 cm³/mol. The van der Waals surface area contributed by atoms with Crippen LogP contribution in [0.15, 0.2) is 47.2 Å². The molecule has 1 aromatic carbocycles. The van der Waals surface area contributed by atoms with Gasteiger partial charge >= 0.3 is 0 Å². The molecule has 0 saturated carbocycles. The first kappa shape index (κ1) is 11.6. The number of halogens is 1. The van der Waals surface area contributed by atoms with Gasteiger partial charge in [0.2, 0.25) is 0 Å². The minimum atomic E-state index is 0.420. The minimum Gasteiger partial charge on any atom is -0.487 e. The fraction of sp³-hybridized carbons (Fsp3) is 0.0769. The van der Waals surface area contributed by atoms with Crippen LogP contribution in [-0.4, -0.2) is 4.98 Å². The van der Waals surface area contributed by atoms with Crippen molar-refractivity contribution >= 4 is 15.9 Å². The van der Waals surface area contributed by atoms with E-state index < -0.39 is 0 Å². The van der Waals surface area contributed by atoms with Gasteiger partial charge in [0.25, 0.3) is 0 Å². The topological polar surface area (TPSA) is 45.9 Å². The summed E-state index contributed by atoms with van der Waals surface area (Å²) in [6.07, 6.45) is 1.60. The van der Waals surface area contributed by atoms with Crippen LogP contribution in [0, 0.1) is 11.3 Å². The number of ether oxygens (including phenoxy) is 1. The van der Waals surface area contributed by atoms with E-state index in [2.05, 4.69) is 27.0 Å². The maximum absolute atomic E-state index is 9.00. The zero-order valence-electron chi connectivity index (χ0n) is 8.93. The van der Waals surface area contributed by atoms with Gasteiger partial charge in [-0.15, -0.1) is 0 Å². The van der Waals surface area contributed by atoms with Crippen LogP contribution in [0.25, 0.3) is 0 Å². The van der Waals surface area contributed by atoms with E-state index in [-0.39, 0.29) is 0 Å². The normalized spacial score (nSPS) is 9.65. The van der Waals surface area contributed by atoms with Crippen molar-refractivity contribution in [2.45, 2.75) is 6.61 Å². The summed E-state index contributed by atoms with van der Waals surface area (Å²) >= 11 is 3.22. The first-order valence-electron chi connectivity index (χ1n) is 5.02. The average molecular weight is 289 g/mol. The number of pyridine rings is 1. The lowest BCUT2D eigenvalue weighted by Crippen LogP contribution is -1.98. The smallest absolute Gasteiger partial charge is 0.141 e. The van der Waals surface area contributed by atoms with Gasteiger partial charge in [-0.25, -0.2) is 4.98 Å². The highest BCUT2D eigenvalue weighted by atomic mass is 79.9. The summed E-state index contributed by atoms with van der Waals surface area (Å²) in [5, 5.41) is 9.00. The van der Waals surface area contributed by atoms with Gasteiger partial charge in [-0.1, -0.05) is 30.3 Å². The second-order valence-electron chi connectivity index (χ2n) is 3.36. The number of nitriles is 1. The molecule has 0 atom stereocenters. The van der Waals surface area contributed by atoms with Crippen molar-refractivity contribution in [3.05, 3.63) is 58.3 Å². The van der Waals surface area contributed by atoms with Crippen LogP contribution >= 0.6 is 15.9 Å². The van der Waals surface area contributed by atoms with E-state index in [1.807, 2.05) is 30.3 Å². The monoisotopic (exact) mass is 288 g/mol. The first-order valence-corrected chi connectivity index (χ1v) is 5.82. The molecule has 17 heavy (non-hydrogen) atoms. The number of nitrogens with zero attached hydrogens (tertiary/aromatic N) is 2. The van der Waals surface area contributed by atoms with Crippen LogP contribution in [0.1, 0.15) is 11.1 Å². The molecule has 1 aromatic heterocycles. The molecule has 0 N–H and O–H groups in total. The van der Waals surface area contributed by atoms with Crippen molar-refractivity contribution in [1.82, 2.24) is 4.98 Å². The quantitative estimate of drug-likeness (QED) is 0.814. The zero-order chi connectivity index (χ0) is 12.1. The maximum Gasteiger partial charge on any atom is 0.141 e. The third-order valence-corrected chi connectivity index (χ3v) is 2.82. The van der Waals surface area contributed by atoms with Crippen LogP contribution in [0.3, 0.4) is 0 Å². The Balaban J connectivity index is 2.15. The summed E-state index contributed by atoms with van der Waals surface area (Å²) in [7, 11) is 0. The van der Waals surface area contributed by atoms with Gasteiger partial charge in [-0.2, -0.15) is 5.26 Å². The standard InChI is InChI=1S/C13H9BrN2O/c14-13-11(8-15)12(6-7-16-13)17-9-10-4-2-1-3-5-10/h1-7H,9H2. The van der Waals surface area contributed by atoms with Crippen LogP contribution < -0.4 is 4.74 Å². The molecule has 0 unspecified atom stereocenters. The summed E-state index contributed by atoms with van der Waals surface area (Å²) in [4.78, 5) is 3.98. The van der Waals surface area contributed by atoms with Gasteiger partial charge in [0.1, 0.15) is 28.6 Å². The molecule has 4 heteroatoms. The molecule has 0 bridgehead atoms. The molecule has 0 aliphatic heterocycles. The van der Waals surface area contributed by atoms with Gasteiger partial charge in [0.15, 0.2) is 0 Å². The molecule has 3 nitrogen and oxygen atoms in total. The van der Waals surface area contributed by atoms with Crippen LogP contribution in [0.2, 0.25) is 0 Å². The van der Waals surface area contributed by atoms with Crippen molar-refractivity contribution in [1.29, 1.82) is 5.26 Å². The number of hydrogen-bond acceptors (Lipinski definition) is 3. The zero-order valence-corrected chi connectivity index (χ0v) is 10.5. The number of benzene rings is 1. The molecule has 0 radical (unpaired) electrons. The average Bonchev–Trinajstić information content (AvgIpc) is 2.37. The van der Waals surface area contributed by atoms with Crippen molar-refractivity contribution < 1.29 is 4.74 Å². The molecule has 84 valence electrons. The van der Waals surface area contributed by atoms with Crippen molar-refractivity contribution in [2.24, 2.45) is 0 Å². The largest absolute Gasteiger partial charge is 0.487 e. The van der Waals surface area contributed by atoms with Crippen LogP contribution in [0.5, 0.6) is 5.75 Å². The van der Waals surface area contributed by atoms with Gasteiger partial charge in [-0.3, -0.25) is 0 Å². The Kier molecular flexibility index (Phi) is 3.73. The number of aromatic nitrogens is 1. The minimum absolute atomic E-state index is 0.420. The Morgan fingerprint density at radius 3 is 2.71 bits per heavy atom. The third-order valence-electron chi connectivity index (χ3n) is 2.22. The van der Waals surface area contributed by atoms with E-state index in [9.17, 15) is 0 Å².